The number of alkyl halides is 2. The van der Waals surface area contributed by atoms with Gasteiger partial charge in [0, 0.05) is 24.2 Å². The molecule has 0 unspecified atom stereocenters. The molecule has 24 heavy (non-hydrogen) atoms. The summed E-state index contributed by atoms with van der Waals surface area (Å²) in [4.78, 5) is 19.6. The number of anilines is 1. The van der Waals surface area contributed by atoms with Crippen molar-refractivity contribution in [1.82, 2.24) is 15.3 Å². The standard InChI is InChI=1S/C15H14Cl2F2N4O/c16-11-8-22-15(17)23-13(11)20-6-1-7-21-14(24)10-4-2-9(3-5-10)12(18)19/h2-5,8,12H,1,6-7H2,(H,21,24)(H,20,22,23). The number of carbonyl (C=O) groups is 1. The molecule has 0 aliphatic carbocycles. The lowest BCUT2D eigenvalue weighted by atomic mass is 10.1. The molecule has 5 nitrogen and oxygen atoms in total. The molecule has 0 aliphatic rings. The molecule has 1 heterocycles. The van der Waals surface area contributed by atoms with Crippen molar-refractivity contribution < 1.29 is 13.6 Å². The topological polar surface area (TPSA) is 66.9 Å². The van der Waals surface area contributed by atoms with Gasteiger partial charge in [-0.25, -0.2) is 13.8 Å². The minimum Gasteiger partial charge on any atom is -0.369 e. The van der Waals surface area contributed by atoms with Gasteiger partial charge < -0.3 is 10.6 Å². The SMILES string of the molecule is O=C(NCCCNc1nc(Cl)ncc1Cl)c1ccc(C(F)F)cc1. The van der Waals surface area contributed by atoms with Crippen LogP contribution in [0.15, 0.2) is 30.5 Å². The van der Waals surface area contributed by atoms with Crippen molar-refractivity contribution >= 4 is 34.9 Å². The maximum Gasteiger partial charge on any atom is 0.263 e. The van der Waals surface area contributed by atoms with E-state index in [2.05, 4.69) is 20.6 Å². The molecule has 2 aromatic rings. The van der Waals surface area contributed by atoms with Crippen LogP contribution in [0, 0.1) is 0 Å². The number of rotatable bonds is 7. The highest BCUT2D eigenvalue weighted by molar-refractivity contribution is 6.33. The van der Waals surface area contributed by atoms with E-state index in [0.717, 1.165) is 0 Å². The number of hydrogen-bond acceptors (Lipinski definition) is 4. The van der Waals surface area contributed by atoms with E-state index < -0.39 is 6.43 Å². The molecule has 0 saturated heterocycles. The number of hydrogen-bond donors (Lipinski definition) is 2. The predicted octanol–water partition coefficient (Wildman–Crippen LogP) is 3.95. The van der Waals surface area contributed by atoms with Crippen molar-refractivity contribution in [2.24, 2.45) is 0 Å². The second kappa shape index (κ2) is 8.75. The Bertz CT molecular complexity index is 698. The summed E-state index contributed by atoms with van der Waals surface area (Å²) in [6.45, 7) is 0.913. The second-order valence-corrected chi connectivity index (χ2v) is 5.54. The van der Waals surface area contributed by atoms with Gasteiger partial charge in [0.25, 0.3) is 12.3 Å². The van der Waals surface area contributed by atoms with Crippen molar-refractivity contribution in [3.8, 4) is 0 Å². The van der Waals surface area contributed by atoms with Gasteiger partial charge >= 0.3 is 0 Å². The van der Waals surface area contributed by atoms with E-state index in [9.17, 15) is 13.6 Å². The number of nitrogens with zero attached hydrogens (tertiary/aromatic N) is 2. The molecule has 0 atom stereocenters. The van der Waals surface area contributed by atoms with E-state index in [1.54, 1.807) is 0 Å². The lowest BCUT2D eigenvalue weighted by molar-refractivity contribution is 0.0953. The third kappa shape index (κ3) is 5.28. The fourth-order valence-electron chi connectivity index (χ4n) is 1.85. The van der Waals surface area contributed by atoms with Crippen LogP contribution in [0.3, 0.4) is 0 Å². The summed E-state index contributed by atoms with van der Waals surface area (Å²) in [5, 5.41) is 6.12. The number of nitrogens with one attached hydrogen (secondary N) is 2. The highest BCUT2D eigenvalue weighted by Gasteiger charge is 2.09. The highest BCUT2D eigenvalue weighted by Crippen LogP contribution is 2.19. The van der Waals surface area contributed by atoms with Crippen LogP contribution in [0.25, 0.3) is 0 Å². The first-order chi connectivity index (χ1) is 11.5. The normalized spacial score (nSPS) is 10.7. The van der Waals surface area contributed by atoms with Crippen molar-refractivity contribution in [3.63, 3.8) is 0 Å². The molecule has 128 valence electrons. The zero-order chi connectivity index (χ0) is 17.5. The molecule has 0 saturated carbocycles. The van der Waals surface area contributed by atoms with Gasteiger partial charge in [0.2, 0.25) is 5.28 Å². The van der Waals surface area contributed by atoms with Crippen LogP contribution >= 0.6 is 23.2 Å². The highest BCUT2D eigenvalue weighted by atomic mass is 35.5. The average Bonchev–Trinajstić information content (AvgIpc) is 2.57. The summed E-state index contributed by atoms with van der Waals surface area (Å²) in [6, 6.07) is 5.22. The first kappa shape index (κ1) is 18.4. The Morgan fingerprint density at radius 3 is 2.54 bits per heavy atom. The van der Waals surface area contributed by atoms with Gasteiger partial charge in [0.1, 0.15) is 10.8 Å². The maximum absolute atomic E-state index is 12.4. The van der Waals surface area contributed by atoms with E-state index in [1.807, 2.05) is 0 Å². The van der Waals surface area contributed by atoms with E-state index in [1.165, 1.54) is 30.5 Å². The molecule has 0 aliphatic heterocycles. The zero-order valence-corrected chi connectivity index (χ0v) is 13.9. The quantitative estimate of drug-likeness (QED) is 0.568. The largest absolute Gasteiger partial charge is 0.369 e. The Morgan fingerprint density at radius 2 is 1.88 bits per heavy atom. The molecular formula is C15H14Cl2F2N4O. The molecule has 1 aromatic carbocycles. The number of amides is 1. The summed E-state index contributed by atoms with van der Waals surface area (Å²) in [5.74, 6) is 0.101. The van der Waals surface area contributed by atoms with Gasteiger partial charge in [-0.3, -0.25) is 4.79 Å². The Kier molecular flexibility index (Phi) is 6.69. The third-order valence-electron chi connectivity index (χ3n) is 3.07. The van der Waals surface area contributed by atoms with Crippen LogP contribution < -0.4 is 10.6 Å². The molecule has 1 amide bonds. The summed E-state index contributed by atoms with van der Waals surface area (Å²) in [7, 11) is 0. The van der Waals surface area contributed by atoms with E-state index in [4.69, 9.17) is 23.2 Å². The Morgan fingerprint density at radius 1 is 1.17 bits per heavy atom. The maximum atomic E-state index is 12.4. The van der Waals surface area contributed by atoms with Gasteiger partial charge in [0.05, 0.1) is 6.20 Å². The van der Waals surface area contributed by atoms with Crippen LogP contribution in [0.5, 0.6) is 0 Å². The molecule has 9 heteroatoms. The van der Waals surface area contributed by atoms with Crippen LogP contribution in [-0.4, -0.2) is 29.0 Å². The monoisotopic (exact) mass is 374 g/mol. The Balaban J connectivity index is 1.73. The van der Waals surface area contributed by atoms with E-state index >= 15 is 0 Å². The molecule has 2 rings (SSSR count). The van der Waals surface area contributed by atoms with Crippen LogP contribution in [-0.2, 0) is 0 Å². The van der Waals surface area contributed by atoms with Gasteiger partial charge in [-0.2, -0.15) is 4.98 Å². The molecule has 0 radical (unpaired) electrons. The second-order valence-electron chi connectivity index (χ2n) is 4.79. The first-order valence-electron chi connectivity index (χ1n) is 7.05. The Hall–Kier alpha value is -1.99. The predicted molar refractivity (Wildman–Crippen MR) is 88.9 cm³/mol. The zero-order valence-electron chi connectivity index (χ0n) is 12.4. The molecule has 0 fully saturated rings. The van der Waals surface area contributed by atoms with Crippen molar-refractivity contribution in [2.45, 2.75) is 12.8 Å². The number of halogens is 4. The smallest absolute Gasteiger partial charge is 0.263 e. The molecule has 2 N–H and O–H groups in total. The van der Waals surface area contributed by atoms with Crippen LogP contribution in [0.4, 0.5) is 14.6 Å². The minimum atomic E-state index is -2.55. The summed E-state index contributed by atoms with van der Waals surface area (Å²) in [5.41, 5.74) is 0.217. The molecular weight excluding hydrogens is 361 g/mol. The molecule has 1 aromatic heterocycles. The Labute approximate surface area is 147 Å². The van der Waals surface area contributed by atoms with Crippen molar-refractivity contribution in [2.75, 3.05) is 18.4 Å². The lowest BCUT2D eigenvalue weighted by Crippen LogP contribution is -2.25. The van der Waals surface area contributed by atoms with Gasteiger partial charge in [-0.05, 0) is 30.2 Å². The fraction of sp³-hybridized carbons (Fsp3) is 0.267. The summed E-state index contributed by atoms with van der Waals surface area (Å²) < 4.78 is 24.9. The number of benzene rings is 1. The summed E-state index contributed by atoms with van der Waals surface area (Å²) in [6.07, 6.45) is -0.543. The number of aromatic nitrogens is 2. The van der Waals surface area contributed by atoms with Crippen molar-refractivity contribution in [1.29, 1.82) is 0 Å². The van der Waals surface area contributed by atoms with E-state index in [0.29, 0.717) is 35.9 Å². The van der Waals surface area contributed by atoms with Gasteiger partial charge in [-0.15, -0.1) is 0 Å². The van der Waals surface area contributed by atoms with Crippen LogP contribution in [0.2, 0.25) is 10.3 Å². The van der Waals surface area contributed by atoms with E-state index in [-0.39, 0.29) is 16.8 Å². The number of carbonyl (C=O) groups excluding carboxylic acids is 1. The van der Waals surface area contributed by atoms with Gasteiger partial charge in [0.15, 0.2) is 0 Å². The molecule has 0 spiro atoms. The molecule has 0 bridgehead atoms. The summed E-state index contributed by atoms with van der Waals surface area (Å²) >= 11 is 11.6. The fourth-order valence-corrected chi connectivity index (χ4v) is 2.14. The average molecular weight is 375 g/mol. The minimum absolute atomic E-state index is 0.0856. The first-order valence-corrected chi connectivity index (χ1v) is 7.81. The van der Waals surface area contributed by atoms with Crippen LogP contribution in [0.1, 0.15) is 28.8 Å². The van der Waals surface area contributed by atoms with Crippen molar-refractivity contribution in [3.05, 3.63) is 51.9 Å². The third-order valence-corrected chi connectivity index (χ3v) is 3.53. The lowest BCUT2D eigenvalue weighted by Gasteiger charge is -2.08. The van der Waals surface area contributed by atoms with Gasteiger partial charge in [-0.1, -0.05) is 23.7 Å².